The van der Waals surface area contributed by atoms with Crippen molar-refractivity contribution in [1.82, 2.24) is 4.90 Å². The van der Waals surface area contributed by atoms with Gasteiger partial charge in [-0.1, -0.05) is 24.3 Å². The summed E-state index contributed by atoms with van der Waals surface area (Å²) in [6, 6.07) is 9.24. The van der Waals surface area contributed by atoms with Gasteiger partial charge in [0.15, 0.2) is 0 Å². The Hall–Kier alpha value is -0.160. The summed E-state index contributed by atoms with van der Waals surface area (Å²) in [5.74, 6) is 6.08. The normalized spacial score (nSPS) is 25.1. The smallest absolute Gasteiger partial charge is 0.0681 e. The first kappa shape index (κ1) is 15.7. The van der Waals surface area contributed by atoms with E-state index in [0.29, 0.717) is 0 Å². The van der Waals surface area contributed by atoms with Crippen LogP contribution in [-0.2, 0) is 13.0 Å². The van der Waals surface area contributed by atoms with E-state index < -0.39 is 0 Å². The number of rotatable bonds is 4. The van der Waals surface area contributed by atoms with Gasteiger partial charge >= 0.3 is 0 Å². The second-order valence-electron chi connectivity index (χ2n) is 6.14. The molecule has 116 valence electrons. The predicted octanol–water partition coefficient (Wildman–Crippen LogP) is 2.89. The third kappa shape index (κ3) is 4.41. The number of hydrogen-bond donors (Lipinski definition) is 1. The van der Waals surface area contributed by atoms with Crippen molar-refractivity contribution in [3.8, 4) is 0 Å². The predicted molar refractivity (Wildman–Crippen MR) is 94.2 cm³/mol. The molecule has 0 aliphatic carbocycles. The molecule has 21 heavy (non-hydrogen) atoms. The summed E-state index contributed by atoms with van der Waals surface area (Å²) in [5, 5.41) is 9.25. The van der Waals surface area contributed by atoms with Gasteiger partial charge in [-0.15, -0.1) is 0 Å². The minimum absolute atomic E-state index is 0.154. The number of likely N-dealkylation sites (tertiary alicyclic amines) is 1. The van der Waals surface area contributed by atoms with Crippen LogP contribution in [0.1, 0.15) is 17.5 Å². The lowest BCUT2D eigenvalue weighted by Crippen LogP contribution is -2.37. The van der Waals surface area contributed by atoms with E-state index in [9.17, 15) is 5.11 Å². The summed E-state index contributed by atoms with van der Waals surface area (Å²) in [6.45, 7) is 2.69. The molecule has 1 aromatic rings. The summed E-state index contributed by atoms with van der Waals surface area (Å²) in [6.07, 6.45) is 2.49. The molecule has 0 radical (unpaired) electrons. The Bertz CT molecular complexity index is 446. The Morgan fingerprint density at radius 2 is 1.90 bits per heavy atom. The van der Waals surface area contributed by atoms with E-state index in [2.05, 4.69) is 46.6 Å². The van der Waals surface area contributed by atoms with Gasteiger partial charge in [0.1, 0.15) is 0 Å². The van der Waals surface area contributed by atoms with E-state index in [4.69, 9.17) is 0 Å². The second kappa shape index (κ2) is 7.91. The molecule has 2 heterocycles. The zero-order valence-electron chi connectivity index (χ0n) is 12.5. The van der Waals surface area contributed by atoms with E-state index in [1.807, 2.05) is 6.07 Å². The maximum atomic E-state index is 9.25. The van der Waals surface area contributed by atoms with Crippen molar-refractivity contribution in [1.29, 1.82) is 0 Å². The molecule has 2 saturated heterocycles. The minimum atomic E-state index is 0.154. The first-order valence-corrected chi connectivity index (χ1v) is 10.2. The Morgan fingerprint density at radius 3 is 2.67 bits per heavy atom. The Labute approximate surface area is 136 Å². The first-order valence-electron chi connectivity index (χ1n) is 7.93. The molecule has 4 heteroatoms. The molecule has 2 aliphatic heterocycles. The van der Waals surface area contributed by atoms with Crippen LogP contribution in [0, 0.1) is 5.92 Å². The molecule has 0 unspecified atom stereocenters. The molecule has 2 aliphatic rings. The lowest BCUT2D eigenvalue weighted by atomic mass is 9.97. The summed E-state index contributed by atoms with van der Waals surface area (Å²) in [7, 11) is 0. The average Bonchev–Trinajstić information content (AvgIpc) is 2.81. The molecule has 2 nitrogen and oxygen atoms in total. The maximum Gasteiger partial charge on any atom is 0.0681 e. The van der Waals surface area contributed by atoms with Gasteiger partial charge in [-0.3, -0.25) is 4.90 Å². The molecule has 2 fully saturated rings. The molecule has 1 atom stereocenters. The summed E-state index contributed by atoms with van der Waals surface area (Å²) < 4.78 is 0. The quantitative estimate of drug-likeness (QED) is 0.920. The maximum absolute atomic E-state index is 9.25. The molecular formula is C17H25NOS2. The lowest BCUT2D eigenvalue weighted by Gasteiger charge is -2.26. The molecule has 1 aromatic carbocycles. The molecule has 1 N–H and O–H groups in total. The molecule has 0 saturated carbocycles. The highest BCUT2D eigenvalue weighted by atomic mass is 32.2. The van der Waals surface area contributed by atoms with Crippen molar-refractivity contribution < 1.29 is 5.11 Å². The number of nitrogens with zero attached hydrogens (tertiary/aromatic N) is 1. The van der Waals surface area contributed by atoms with E-state index in [1.165, 1.54) is 48.1 Å². The summed E-state index contributed by atoms with van der Waals surface area (Å²) >= 11 is 4.26. The Balaban J connectivity index is 1.54. The largest absolute Gasteiger partial charge is 0.392 e. The van der Waals surface area contributed by atoms with Crippen molar-refractivity contribution >= 4 is 23.5 Å². The van der Waals surface area contributed by atoms with Gasteiger partial charge in [0.25, 0.3) is 0 Å². The number of aliphatic hydroxyl groups excluding tert-OH is 1. The lowest BCUT2D eigenvalue weighted by molar-refractivity contribution is 0.272. The van der Waals surface area contributed by atoms with Crippen LogP contribution in [0.25, 0.3) is 0 Å². The van der Waals surface area contributed by atoms with Gasteiger partial charge in [-0.05, 0) is 36.4 Å². The standard InChI is InChI=1S/C17H25NOS2/c19-11-16-3-1-2-14(9-16)8-15-4-5-18(10-15)17-12-20-6-7-21-13-17/h1-3,9,15,17,19H,4-8,10-13H2/t15-/m0/s1. The molecule has 0 aromatic heterocycles. The zero-order valence-corrected chi connectivity index (χ0v) is 14.2. The van der Waals surface area contributed by atoms with Gasteiger partial charge in [0.2, 0.25) is 0 Å². The highest BCUT2D eigenvalue weighted by Crippen LogP contribution is 2.27. The highest BCUT2D eigenvalue weighted by molar-refractivity contribution is 8.03. The van der Waals surface area contributed by atoms with Gasteiger partial charge < -0.3 is 5.11 Å². The Kier molecular flexibility index (Phi) is 5.92. The molecule has 3 rings (SSSR count). The van der Waals surface area contributed by atoms with Crippen LogP contribution < -0.4 is 0 Å². The minimum Gasteiger partial charge on any atom is -0.392 e. The fraction of sp³-hybridized carbons (Fsp3) is 0.647. The average molecular weight is 324 g/mol. The van der Waals surface area contributed by atoms with E-state index in [0.717, 1.165) is 23.9 Å². The number of aliphatic hydroxyl groups is 1. The van der Waals surface area contributed by atoms with Crippen LogP contribution in [-0.4, -0.2) is 52.1 Å². The van der Waals surface area contributed by atoms with Crippen LogP contribution in [0.15, 0.2) is 24.3 Å². The van der Waals surface area contributed by atoms with Crippen LogP contribution in [0.2, 0.25) is 0 Å². The van der Waals surface area contributed by atoms with Crippen LogP contribution in [0.5, 0.6) is 0 Å². The summed E-state index contributed by atoms with van der Waals surface area (Å²) in [4.78, 5) is 2.73. The van der Waals surface area contributed by atoms with E-state index in [1.54, 1.807) is 0 Å². The number of thioether (sulfide) groups is 2. The molecule has 0 bridgehead atoms. The number of benzene rings is 1. The topological polar surface area (TPSA) is 23.5 Å². The van der Waals surface area contributed by atoms with Crippen molar-refractivity contribution in [2.24, 2.45) is 5.92 Å². The highest BCUT2D eigenvalue weighted by Gasteiger charge is 2.28. The van der Waals surface area contributed by atoms with Crippen LogP contribution >= 0.6 is 23.5 Å². The monoisotopic (exact) mass is 323 g/mol. The SMILES string of the molecule is OCc1cccc(C[C@@H]2CCN(C3CSCCSC3)C2)c1. The van der Waals surface area contributed by atoms with Crippen molar-refractivity contribution in [2.75, 3.05) is 36.1 Å². The van der Waals surface area contributed by atoms with Gasteiger partial charge in [-0.2, -0.15) is 23.5 Å². The van der Waals surface area contributed by atoms with Crippen LogP contribution in [0.3, 0.4) is 0 Å². The van der Waals surface area contributed by atoms with Gasteiger partial charge in [0.05, 0.1) is 6.61 Å². The fourth-order valence-electron chi connectivity index (χ4n) is 3.36. The molecule has 0 spiro atoms. The third-order valence-electron chi connectivity index (χ3n) is 4.52. The van der Waals surface area contributed by atoms with Crippen molar-refractivity contribution in [2.45, 2.75) is 25.5 Å². The number of hydrogen-bond acceptors (Lipinski definition) is 4. The van der Waals surface area contributed by atoms with Gasteiger partial charge in [0, 0.05) is 35.6 Å². The fourth-order valence-corrected chi connectivity index (χ4v) is 5.99. The van der Waals surface area contributed by atoms with Gasteiger partial charge in [-0.25, -0.2) is 0 Å². The van der Waals surface area contributed by atoms with Crippen molar-refractivity contribution in [3.05, 3.63) is 35.4 Å². The van der Waals surface area contributed by atoms with Crippen molar-refractivity contribution in [3.63, 3.8) is 0 Å². The van der Waals surface area contributed by atoms with E-state index in [-0.39, 0.29) is 6.61 Å². The first-order chi connectivity index (χ1) is 10.3. The third-order valence-corrected chi connectivity index (χ3v) is 7.01. The molecular weight excluding hydrogens is 298 g/mol. The van der Waals surface area contributed by atoms with E-state index >= 15 is 0 Å². The summed E-state index contributed by atoms with van der Waals surface area (Å²) in [5.41, 5.74) is 2.43. The Morgan fingerprint density at radius 1 is 1.14 bits per heavy atom. The second-order valence-corrected chi connectivity index (χ2v) is 8.44. The molecule has 0 amide bonds. The zero-order chi connectivity index (χ0) is 14.5. The van der Waals surface area contributed by atoms with Crippen LogP contribution in [0.4, 0.5) is 0 Å².